The molecule has 1 atom stereocenters. The second-order valence-corrected chi connectivity index (χ2v) is 12.1. The van der Waals surface area contributed by atoms with Gasteiger partial charge in [-0.25, -0.2) is 8.42 Å². The molecule has 44 heavy (non-hydrogen) atoms. The number of rotatable bonds is 13. The number of amides is 2. The van der Waals surface area contributed by atoms with Gasteiger partial charge in [0, 0.05) is 31.1 Å². The van der Waals surface area contributed by atoms with E-state index in [9.17, 15) is 18.0 Å². The topological polar surface area (TPSA) is 105 Å². The van der Waals surface area contributed by atoms with Gasteiger partial charge in [-0.3, -0.25) is 13.9 Å². The van der Waals surface area contributed by atoms with E-state index in [1.54, 1.807) is 48.5 Å². The Kier molecular flexibility index (Phi) is 10.9. The number of anilines is 1. The molecule has 0 aliphatic heterocycles. The number of benzene rings is 4. The van der Waals surface area contributed by atoms with Crippen LogP contribution >= 0.6 is 11.6 Å². The fourth-order valence-corrected chi connectivity index (χ4v) is 6.38. The molecule has 0 fully saturated rings. The maximum absolute atomic E-state index is 14.4. The monoisotopic (exact) mass is 635 g/mol. The van der Waals surface area contributed by atoms with Crippen LogP contribution in [0, 0.1) is 0 Å². The predicted molar refractivity (Wildman–Crippen MR) is 171 cm³/mol. The quantitative estimate of drug-likeness (QED) is 0.223. The molecule has 0 unspecified atom stereocenters. The van der Waals surface area contributed by atoms with Crippen LogP contribution in [0.5, 0.6) is 11.5 Å². The van der Waals surface area contributed by atoms with Gasteiger partial charge in [-0.15, -0.1) is 0 Å². The number of sulfonamides is 1. The van der Waals surface area contributed by atoms with E-state index in [1.807, 2.05) is 30.3 Å². The summed E-state index contributed by atoms with van der Waals surface area (Å²) in [5.41, 5.74) is 1.61. The summed E-state index contributed by atoms with van der Waals surface area (Å²) in [6.07, 6.45) is 0.193. The van der Waals surface area contributed by atoms with Gasteiger partial charge in [-0.05, 0) is 41.5 Å². The first kappa shape index (κ1) is 32.4. The molecule has 0 heterocycles. The zero-order valence-electron chi connectivity index (χ0n) is 24.6. The van der Waals surface area contributed by atoms with Gasteiger partial charge in [0.05, 0.1) is 24.8 Å². The molecular weight excluding hydrogens is 602 g/mol. The molecule has 4 rings (SSSR count). The number of ether oxygens (including phenoxy) is 2. The van der Waals surface area contributed by atoms with Crippen LogP contribution < -0.4 is 19.1 Å². The average Bonchev–Trinajstić information content (AvgIpc) is 3.06. The largest absolute Gasteiger partial charge is 0.493 e. The minimum absolute atomic E-state index is 0.00706. The van der Waals surface area contributed by atoms with Gasteiger partial charge < -0.3 is 19.7 Å². The predicted octanol–water partition coefficient (Wildman–Crippen LogP) is 4.94. The number of methoxy groups -OCH3 is 2. The highest BCUT2D eigenvalue weighted by Gasteiger charge is 2.35. The number of hydrogen-bond donors (Lipinski definition) is 1. The third-order valence-corrected chi connectivity index (χ3v) is 9.24. The molecule has 230 valence electrons. The molecule has 11 heteroatoms. The van der Waals surface area contributed by atoms with E-state index >= 15 is 0 Å². The van der Waals surface area contributed by atoms with Crippen LogP contribution in [0.15, 0.2) is 108 Å². The number of hydrogen-bond acceptors (Lipinski definition) is 6. The summed E-state index contributed by atoms with van der Waals surface area (Å²) in [5, 5.41) is 3.07. The fourth-order valence-electron chi connectivity index (χ4n) is 4.76. The molecule has 0 spiro atoms. The third-order valence-electron chi connectivity index (χ3n) is 7.08. The van der Waals surface area contributed by atoms with E-state index in [2.05, 4.69) is 5.32 Å². The molecule has 9 nitrogen and oxygen atoms in total. The standard InChI is InChI=1S/C33H34ClN3O6S/c1-35-33(39)29(20-24-12-6-4-7-13-24)36(22-25-14-10-11-17-28(25)34)32(38)23-37(44(40,41)27-15-8-5-9-16-27)26-18-19-30(42-2)31(21-26)43-3/h4-19,21,29H,20,22-23H2,1-3H3,(H,35,39)/t29-/m0/s1. The van der Waals surface area contributed by atoms with E-state index in [0.717, 1.165) is 9.87 Å². The molecule has 0 aromatic heterocycles. The van der Waals surface area contributed by atoms with Gasteiger partial charge in [0.1, 0.15) is 12.6 Å². The van der Waals surface area contributed by atoms with Gasteiger partial charge in [0.2, 0.25) is 11.8 Å². The van der Waals surface area contributed by atoms with Crippen LogP contribution in [0.1, 0.15) is 11.1 Å². The van der Waals surface area contributed by atoms with Crippen molar-refractivity contribution in [2.45, 2.75) is 23.9 Å². The lowest BCUT2D eigenvalue weighted by Gasteiger charge is -2.34. The first-order chi connectivity index (χ1) is 21.2. The molecule has 0 aliphatic carbocycles. The van der Waals surface area contributed by atoms with Crippen LogP contribution in [-0.4, -0.2) is 59.0 Å². The number of carbonyl (C=O) groups is 2. The Morgan fingerprint density at radius 2 is 1.45 bits per heavy atom. The van der Waals surface area contributed by atoms with Gasteiger partial charge in [-0.1, -0.05) is 78.3 Å². The summed E-state index contributed by atoms with van der Waals surface area (Å²) in [6.45, 7) is -0.645. The summed E-state index contributed by atoms with van der Waals surface area (Å²) in [6, 6.07) is 27.7. The Morgan fingerprint density at radius 3 is 2.07 bits per heavy atom. The first-order valence-electron chi connectivity index (χ1n) is 13.8. The van der Waals surface area contributed by atoms with Crippen molar-refractivity contribution < 1.29 is 27.5 Å². The Hall–Kier alpha value is -4.54. The maximum Gasteiger partial charge on any atom is 0.264 e. The molecule has 0 aliphatic rings. The lowest BCUT2D eigenvalue weighted by Crippen LogP contribution is -2.53. The van der Waals surface area contributed by atoms with Crippen LogP contribution in [-0.2, 0) is 32.6 Å². The highest BCUT2D eigenvalue weighted by Crippen LogP contribution is 2.34. The summed E-state index contributed by atoms with van der Waals surface area (Å²) in [7, 11) is 0.145. The number of nitrogens with zero attached hydrogens (tertiary/aromatic N) is 2. The fraction of sp³-hybridized carbons (Fsp3) is 0.212. The van der Waals surface area contributed by atoms with Crippen molar-refractivity contribution in [2.75, 3.05) is 32.1 Å². The van der Waals surface area contributed by atoms with E-state index in [4.69, 9.17) is 21.1 Å². The molecule has 0 bridgehead atoms. The van der Waals surface area contributed by atoms with Crippen molar-refractivity contribution in [1.29, 1.82) is 0 Å². The zero-order valence-corrected chi connectivity index (χ0v) is 26.2. The average molecular weight is 636 g/mol. The van der Waals surface area contributed by atoms with Crippen LogP contribution in [0.25, 0.3) is 0 Å². The second kappa shape index (κ2) is 14.8. The molecular formula is C33H34ClN3O6S. The van der Waals surface area contributed by atoms with Crippen LogP contribution in [0.4, 0.5) is 5.69 Å². The van der Waals surface area contributed by atoms with E-state index in [0.29, 0.717) is 16.3 Å². The van der Waals surface area contributed by atoms with Crippen LogP contribution in [0.3, 0.4) is 0 Å². The second-order valence-electron chi connectivity index (χ2n) is 9.80. The smallest absolute Gasteiger partial charge is 0.264 e. The molecule has 0 radical (unpaired) electrons. The van der Waals surface area contributed by atoms with E-state index in [-0.39, 0.29) is 29.3 Å². The summed E-state index contributed by atoms with van der Waals surface area (Å²) in [4.78, 5) is 29.1. The Balaban J connectivity index is 1.83. The normalized spacial score (nSPS) is 11.7. The molecule has 0 saturated carbocycles. The van der Waals surface area contributed by atoms with Crippen molar-refractivity contribution in [2.24, 2.45) is 0 Å². The number of carbonyl (C=O) groups excluding carboxylic acids is 2. The van der Waals surface area contributed by atoms with Gasteiger partial charge >= 0.3 is 0 Å². The molecule has 0 saturated heterocycles. The summed E-state index contributed by atoms with van der Waals surface area (Å²) >= 11 is 6.50. The lowest BCUT2D eigenvalue weighted by atomic mass is 10.0. The highest BCUT2D eigenvalue weighted by molar-refractivity contribution is 7.92. The first-order valence-corrected chi connectivity index (χ1v) is 15.6. The van der Waals surface area contributed by atoms with Gasteiger partial charge in [0.15, 0.2) is 11.5 Å². The van der Waals surface area contributed by atoms with Gasteiger partial charge in [-0.2, -0.15) is 0 Å². The van der Waals surface area contributed by atoms with Crippen molar-refractivity contribution in [3.05, 3.63) is 119 Å². The van der Waals surface area contributed by atoms with Crippen molar-refractivity contribution in [3.63, 3.8) is 0 Å². The van der Waals surface area contributed by atoms with E-state index in [1.165, 1.54) is 50.4 Å². The number of halogens is 1. The molecule has 4 aromatic rings. The SMILES string of the molecule is CNC(=O)[C@H](Cc1ccccc1)N(Cc1ccccc1Cl)C(=O)CN(c1ccc(OC)c(OC)c1)S(=O)(=O)c1ccccc1. The van der Waals surface area contributed by atoms with E-state index < -0.39 is 34.4 Å². The van der Waals surface area contributed by atoms with Crippen molar-refractivity contribution >= 4 is 39.1 Å². The van der Waals surface area contributed by atoms with Crippen LogP contribution in [0.2, 0.25) is 5.02 Å². The number of nitrogens with one attached hydrogen (secondary N) is 1. The highest BCUT2D eigenvalue weighted by atomic mass is 35.5. The van der Waals surface area contributed by atoms with Gasteiger partial charge in [0.25, 0.3) is 10.0 Å². The molecule has 2 amide bonds. The number of likely N-dealkylation sites (N-methyl/N-ethyl adjacent to an activating group) is 1. The summed E-state index contributed by atoms with van der Waals surface area (Å²) < 4.78 is 40.0. The lowest BCUT2D eigenvalue weighted by molar-refractivity contribution is -0.139. The third kappa shape index (κ3) is 7.50. The maximum atomic E-state index is 14.4. The Morgan fingerprint density at radius 1 is 0.841 bits per heavy atom. The molecule has 4 aromatic carbocycles. The van der Waals surface area contributed by atoms with Crippen molar-refractivity contribution in [3.8, 4) is 11.5 Å². The Bertz CT molecular complexity index is 1690. The Labute approximate surface area is 263 Å². The zero-order chi connectivity index (χ0) is 31.7. The minimum Gasteiger partial charge on any atom is -0.493 e. The summed E-state index contributed by atoms with van der Waals surface area (Å²) in [5.74, 6) is -0.338. The van der Waals surface area contributed by atoms with Crippen molar-refractivity contribution in [1.82, 2.24) is 10.2 Å². The molecule has 1 N–H and O–H groups in total. The minimum atomic E-state index is -4.26.